The van der Waals surface area contributed by atoms with Crippen LogP contribution in [0.5, 0.6) is 0 Å². The van der Waals surface area contributed by atoms with Crippen molar-refractivity contribution in [2.45, 2.75) is 32.7 Å². The molecule has 3 aromatic heterocycles. The van der Waals surface area contributed by atoms with Crippen LogP contribution in [0.1, 0.15) is 37.2 Å². The molecule has 1 aliphatic carbocycles. The Morgan fingerprint density at radius 3 is 2.60 bits per heavy atom. The molecule has 3 N–H and O–H groups in total. The first kappa shape index (κ1) is 23.0. The summed E-state index contributed by atoms with van der Waals surface area (Å²) in [5.41, 5.74) is 2.19. The van der Waals surface area contributed by atoms with E-state index in [1.165, 1.54) is 7.05 Å². The Bertz CT molecular complexity index is 1240. The standard InChI is InChI=1S/C23H30N10O2/c1-4-31(5-2)16-11-32(12-16)15-8-9-19-27-23(30-33(19)13-15)25-17-10-18(26-21(34)14-6-7-14)28-29-20(17)22(35)24-3/h8-10,13-14,16H,4-7,11-12H2,1-3H3,(H,24,35)(H2,25,26,28,30,34). The molecule has 1 saturated carbocycles. The van der Waals surface area contributed by atoms with Crippen molar-refractivity contribution in [3.8, 4) is 0 Å². The molecule has 12 nitrogen and oxygen atoms in total. The molecular formula is C23H30N10O2. The van der Waals surface area contributed by atoms with Crippen LogP contribution in [0.4, 0.5) is 23.1 Å². The van der Waals surface area contributed by atoms with E-state index in [9.17, 15) is 9.59 Å². The van der Waals surface area contributed by atoms with Gasteiger partial charge in [0.1, 0.15) is 0 Å². The number of anilines is 4. The minimum atomic E-state index is -0.411. The lowest BCUT2D eigenvalue weighted by molar-refractivity contribution is -0.117. The van der Waals surface area contributed by atoms with Crippen LogP contribution in [0, 0.1) is 5.92 Å². The van der Waals surface area contributed by atoms with E-state index in [2.05, 4.69) is 59.9 Å². The Morgan fingerprint density at radius 2 is 1.91 bits per heavy atom. The quantitative estimate of drug-likeness (QED) is 0.418. The largest absolute Gasteiger partial charge is 0.367 e. The summed E-state index contributed by atoms with van der Waals surface area (Å²) in [5.74, 6) is 0.0973. The lowest BCUT2D eigenvalue weighted by Crippen LogP contribution is -2.59. The second kappa shape index (κ2) is 9.45. The van der Waals surface area contributed by atoms with Crippen molar-refractivity contribution in [3.63, 3.8) is 0 Å². The number of rotatable bonds is 9. The van der Waals surface area contributed by atoms with Crippen molar-refractivity contribution in [1.29, 1.82) is 0 Å². The number of pyridine rings is 1. The van der Waals surface area contributed by atoms with Crippen molar-refractivity contribution in [2.24, 2.45) is 5.92 Å². The second-order valence-corrected chi connectivity index (χ2v) is 8.87. The summed E-state index contributed by atoms with van der Waals surface area (Å²) in [6, 6.07) is 6.11. The highest BCUT2D eigenvalue weighted by molar-refractivity contribution is 5.99. The van der Waals surface area contributed by atoms with Gasteiger partial charge in [0, 0.05) is 38.2 Å². The molecule has 1 aliphatic heterocycles. The molecule has 0 spiro atoms. The molecule has 12 heteroatoms. The number of nitrogens with zero attached hydrogens (tertiary/aromatic N) is 7. The molecule has 2 fully saturated rings. The normalized spacial score (nSPS) is 15.8. The van der Waals surface area contributed by atoms with Gasteiger partial charge in [0.25, 0.3) is 5.91 Å². The summed E-state index contributed by atoms with van der Waals surface area (Å²) in [6.07, 6.45) is 3.71. The van der Waals surface area contributed by atoms with Crippen LogP contribution in [0.2, 0.25) is 0 Å². The average molecular weight is 479 g/mol. The molecular weight excluding hydrogens is 448 g/mol. The number of hydrogen-bond donors (Lipinski definition) is 3. The molecule has 0 unspecified atom stereocenters. The molecule has 0 radical (unpaired) electrons. The number of fused-ring (bicyclic) bond motifs is 1. The van der Waals surface area contributed by atoms with Gasteiger partial charge in [-0.25, -0.2) is 4.52 Å². The summed E-state index contributed by atoms with van der Waals surface area (Å²) in [6.45, 7) is 8.47. The van der Waals surface area contributed by atoms with Crippen LogP contribution >= 0.6 is 0 Å². The fraction of sp³-hybridized carbons (Fsp3) is 0.478. The van der Waals surface area contributed by atoms with Crippen LogP contribution in [-0.2, 0) is 4.79 Å². The Labute approximate surface area is 203 Å². The Morgan fingerprint density at radius 1 is 1.14 bits per heavy atom. The van der Waals surface area contributed by atoms with Crippen LogP contribution in [0.3, 0.4) is 0 Å². The molecule has 4 heterocycles. The highest BCUT2D eigenvalue weighted by Crippen LogP contribution is 2.30. The fourth-order valence-corrected chi connectivity index (χ4v) is 4.28. The van der Waals surface area contributed by atoms with Gasteiger partial charge >= 0.3 is 0 Å². The summed E-state index contributed by atoms with van der Waals surface area (Å²) in [7, 11) is 1.52. The van der Waals surface area contributed by atoms with Crippen molar-refractivity contribution in [1.82, 2.24) is 35.0 Å². The van der Waals surface area contributed by atoms with Gasteiger partial charge in [-0.05, 0) is 38.1 Å². The molecule has 2 amide bonds. The number of amides is 2. The van der Waals surface area contributed by atoms with Crippen LogP contribution < -0.4 is 20.9 Å². The molecule has 0 bridgehead atoms. The number of carbonyl (C=O) groups is 2. The minimum absolute atomic E-state index is 0.0230. The predicted octanol–water partition coefficient (Wildman–Crippen LogP) is 1.50. The zero-order valence-corrected chi connectivity index (χ0v) is 20.2. The summed E-state index contributed by atoms with van der Waals surface area (Å²) in [5, 5.41) is 20.9. The van der Waals surface area contributed by atoms with Crippen molar-refractivity contribution >= 4 is 40.6 Å². The van der Waals surface area contributed by atoms with Gasteiger partial charge in [0.2, 0.25) is 11.9 Å². The maximum Gasteiger partial charge on any atom is 0.273 e. The summed E-state index contributed by atoms with van der Waals surface area (Å²) < 4.78 is 1.71. The lowest BCUT2D eigenvalue weighted by atomic mass is 10.1. The highest BCUT2D eigenvalue weighted by atomic mass is 16.2. The molecule has 184 valence electrons. The molecule has 1 saturated heterocycles. The fourth-order valence-electron chi connectivity index (χ4n) is 4.28. The van der Waals surface area contributed by atoms with Crippen LogP contribution in [0.15, 0.2) is 24.4 Å². The maximum atomic E-state index is 12.3. The van der Waals surface area contributed by atoms with E-state index < -0.39 is 5.91 Å². The maximum absolute atomic E-state index is 12.3. The Hall–Kier alpha value is -3.80. The number of aromatic nitrogens is 5. The first-order valence-electron chi connectivity index (χ1n) is 12.0. The molecule has 5 rings (SSSR count). The highest BCUT2D eigenvalue weighted by Gasteiger charge is 2.31. The van der Waals surface area contributed by atoms with Gasteiger partial charge in [-0.15, -0.1) is 15.3 Å². The van der Waals surface area contributed by atoms with E-state index in [4.69, 9.17) is 0 Å². The molecule has 35 heavy (non-hydrogen) atoms. The third-order valence-corrected chi connectivity index (χ3v) is 6.55. The lowest BCUT2D eigenvalue weighted by Gasteiger charge is -2.46. The predicted molar refractivity (Wildman–Crippen MR) is 132 cm³/mol. The van der Waals surface area contributed by atoms with Crippen LogP contribution in [-0.4, -0.2) is 80.8 Å². The van der Waals surface area contributed by atoms with Gasteiger partial charge in [-0.2, -0.15) is 4.98 Å². The Kier molecular flexibility index (Phi) is 6.20. The van der Waals surface area contributed by atoms with Crippen molar-refractivity contribution in [2.75, 3.05) is 48.8 Å². The van der Waals surface area contributed by atoms with E-state index in [1.54, 1.807) is 10.6 Å². The first-order chi connectivity index (χ1) is 17.0. The molecule has 2 aliphatic rings. The van der Waals surface area contributed by atoms with E-state index in [0.717, 1.165) is 44.7 Å². The third kappa shape index (κ3) is 4.74. The van der Waals surface area contributed by atoms with Crippen LogP contribution in [0.25, 0.3) is 5.65 Å². The zero-order valence-electron chi connectivity index (χ0n) is 20.2. The monoisotopic (exact) mass is 478 g/mol. The van der Waals surface area contributed by atoms with Crippen molar-refractivity contribution < 1.29 is 9.59 Å². The number of nitrogens with one attached hydrogen (secondary N) is 3. The molecule has 0 atom stereocenters. The van der Waals surface area contributed by atoms with E-state index >= 15 is 0 Å². The topological polar surface area (TPSA) is 133 Å². The van der Waals surface area contributed by atoms with Gasteiger partial charge in [-0.3, -0.25) is 14.5 Å². The minimum Gasteiger partial charge on any atom is -0.367 e. The van der Waals surface area contributed by atoms with Gasteiger partial charge < -0.3 is 20.9 Å². The van der Waals surface area contributed by atoms with E-state index in [-0.39, 0.29) is 23.3 Å². The molecule has 0 aromatic carbocycles. The first-order valence-corrected chi connectivity index (χ1v) is 12.0. The smallest absolute Gasteiger partial charge is 0.273 e. The number of carbonyl (C=O) groups excluding carboxylic acids is 2. The Balaban J connectivity index is 1.35. The van der Waals surface area contributed by atoms with E-state index in [0.29, 0.717) is 23.3 Å². The SMILES string of the molecule is CCN(CC)C1CN(c2ccc3nc(Nc4cc(NC(=O)C5CC5)nnc4C(=O)NC)nn3c2)C1. The summed E-state index contributed by atoms with van der Waals surface area (Å²) >= 11 is 0. The number of likely N-dealkylation sites (N-methyl/N-ethyl adjacent to an activating group) is 1. The summed E-state index contributed by atoms with van der Waals surface area (Å²) in [4.78, 5) is 33.8. The van der Waals surface area contributed by atoms with E-state index in [1.807, 2.05) is 18.3 Å². The number of hydrogen-bond acceptors (Lipinski definition) is 9. The van der Waals surface area contributed by atoms with Gasteiger partial charge in [-0.1, -0.05) is 13.8 Å². The van der Waals surface area contributed by atoms with Gasteiger partial charge in [0.05, 0.1) is 17.6 Å². The molecule has 3 aromatic rings. The third-order valence-electron chi connectivity index (χ3n) is 6.55. The van der Waals surface area contributed by atoms with Gasteiger partial charge in [0.15, 0.2) is 17.2 Å². The second-order valence-electron chi connectivity index (χ2n) is 8.87. The van der Waals surface area contributed by atoms with Crippen molar-refractivity contribution in [3.05, 3.63) is 30.1 Å². The zero-order chi connectivity index (χ0) is 24.5. The average Bonchev–Trinajstić information content (AvgIpc) is 3.61.